The average Bonchev–Trinajstić information content (AvgIpc) is 4.01. The number of carboxylic acid groups (broad SMARTS) is 1. The zero-order valence-corrected chi connectivity index (χ0v) is 50.0. The fourth-order valence-electron chi connectivity index (χ4n) is 10.3. The van der Waals surface area contributed by atoms with Crippen LogP contribution < -0.4 is 22.9 Å². The molecule has 12 rings (SSSR count). The normalized spacial score (nSPS) is 14.1. The van der Waals surface area contributed by atoms with Crippen LogP contribution in [-0.4, -0.2) is 152 Å². The number of fused-ring (bicyclic) bond motifs is 3. The van der Waals surface area contributed by atoms with Crippen LogP contribution in [0, 0.1) is 0 Å². The van der Waals surface area contributed by atoms with Crippen molar-refractivity contribution in [1.29, 1.82) is 0 Å². The fraction of sp³-hybridized carbons (Fsp3) is 0.323. The molecule has 0 atom stereocenters. The van der Waals surface area contributed by atoms with Crippen molar-refractivity contribution in [2.24, 2.45) is 5.73 Å². The molecule has 9 heterocycles. The summed E-state index contributed by atoms with van der Waals surface area (Å²) in [6.45, 7) is 11.2. The Labute approximate surface area is 510 Å². The standard InChI is InChI=1S/2C21H23N5O.C14H10N4O2.C6H14N2.Cl2OS/c2*22-21-20-18(23-14-24-21)9-8-17(25-20)15-5-3-6-16(13-15)19(27)7-4-12-26-10-1-2-11-26;15-13-12-11(16-7-17-13)5-4-10(18-12)8-2-1-3-9(6-8)14(19)20;7-3-6-8-4-1-2-5-8;1-4(2)3/h2*3,5-6,8-9,13-14H,1-2,4,7,10-12H2,(H2,22,23,24);1-7H,(H,19,20)(H2,15,16,17);1-7H2;. The number of carbonyl (C=O) groups excluding carboxylic acids is 2. The van der Waals surface area contributed by atoms with Crippen LogP contribution >= 0.6 is 21.4 Å². The predicted molar refractivity (Wildman–Crippen MR) is 342 cm³/mol. The molecule has 3 saturated heterocycles. The summed E-state index contributed by atoms with van der Waals surface area (Å²) in [4.78, 5) is 81.4. The minimum Gasteiger partial charge on any atom is -0.478 e. The number of aromatic nitrogens is 9. The lowest BCUT2D eigenvalue weighted by Gasteiger charge is -2.13. The zero-order valence-electron chi connectivity index (χ0n) is 47.7. The van der Waals surface area contributed by atoms with Crippen LogP contribution in [0.3, 0.4) is 0 Å². The fourth-order valence-corrected chi connectivity index (χ4v) is 10.3. The summed E-state index contributed by atoms with van der Waals surface area (Å²) in [5, 5.41) is 9.01. The van der Waals surface area contributed by atoms with Gasteiger partial charge in [-0.2, -0.15) is 0 Å². The lowest BCUT2D eigenvalue weighted by Crippen LogP contribution is -2.26. The third-order valence-electron chi connectivity index (χ3n) is 14.7. The summed E-state index contributed by atoms with van der Waals surface area (Å²) in [6, 6.07) is 32.9. The third-order valence-corrected chi connectivity index (χ3v) is 14.7. The molecular weight excluding hydrogens is 1150 g/mol. The van der Waals surface area contributed by atoms with Crippen LogP contribution in [0.25, 0.3) is 66.9 Å². The molecule has 3 fully saturated rings. The van der Waals surface area contributed by atoms with Crippen LogP contribution in [-0.2, 0) is 9.23 Å². The van der Waals surface area contributed by atoms with Crippen molar-refractivity contribution >= 4 is 98.7 Å². The number of ketones is 2. The first-order chi connectivity index (χ1) is 41.7. The SMILES string of the molecule is NCCN1CCCC1.Nc1ncnc2ccc(-c3cccc(C(=O)CCCN4CCCC4)c3)nc12.Nc1ncnc2ccc(-c3cccc(C(=O)CCCN4CCCC4)c3)nc12.Nc1ncnc2ccc(-c3cccc(C(=O)O)c3)nc12.O=S(Cl)Cl. The Hall–Kier alpha value is -8.09. The number of halogens is 2. The highest BCUT2D eigenvalue weighted by Crippen LogP contribution is 2.27. The number of nitrogen functional groups attached to an aromatic ring is 3. The van der Waals surface area contributed by atoms with Gasteiger partial charge in [-0.25, -0.2) is 53.9 Å². The number of likely N-dealkylation sites (tertiary alicyclic amines) is 3. The molecule has 9 N–H and O–H groups in total. The third kappa shape index (κ3) is 18.7. The van der Waals surface area contributed by atoms with Gasteiger partial charge in [-0.1, -0.05) is 48.5 Å². The van der Waals surface area contributed by atoms with E-state index in [9.17, 15) is 14.4 Å². The number of carbonyl (C=O) groups is 3. The molecule has 3 aliphatic rings. The summed E-state index contributed by atoms with van der Waals surface area (Å²) >= 11 is 0. The van der Waals surface area contributed by atoms with Crippen molar-refractivity contribution < 1.29 is 23.7 Å². The van der Waals surface area contributed by atoms with Crippen molar-refractivity contribution in [1.82, 2.24) is 59.6 Å². The molecule has 0 radical (unpaired) electrons. The second kappa shape index (κ2) is 32.4. The molecule has 0 spiro atoms. The van der Waals surface area contributed by atoms with Gasteiger partial charge in [0.15, 0.2) is 29.0 Å². The summed E-state index contributed by atoms with van der Waals surface area (Å²) < 4.78 is 9.09. The second-order valence-corrected chi connectivity index (χ2v) is 23.2. The van der Waals surface area contributed by atoms with Gasteiger partial charge in [-0.15, -0.1) is 0 Å². The van der Waals surface area contributed by atoms with E-state index < -0.39 is 15.2 Å². The largest absolute Gasteiger partial charge is 0.478 e. The van der Waals surface area contributed by atoms with E-state index in [0.29, 0.717) is 74.7 Å². The maximum atomic E-state index is 12.6. The van der Waals surface area contributed by atoms with E-state index in [1.54, 1.807) is 30.3 Å². The van der Waals surface area contributed by atoms with Gasteiger partial charge >= 0.3 is 5.97 Å². The number of rotatable bonds is 16. The Bertz CT molecular complexity index is 3610. The van der Waals surface area contributed by atoms with Crippen molar-refractivity contribution in [3.63, 3.8) is 0 Å². The number of aromatic carboxylic acids is 1. The van der Waals surface area contributed by atoms with Gasteiger partial charge in [0.1, 0.15) is 35.5 Å². The molecule has 21 nitrogen and oxygen atoms in total. The molecule has 24 heteroatoms. The predicted octanol–water partition coefficient (Wildman–Crippen LogP) is 9.72. The van der Waals surface area contributed by atoms with E-state index in [1.807, 2.05) is 72.8 Å². The zero-order chi connectivity index (χ0) is 60.8. The second-order valence-electron chi connectivity index (χ2n) is 20.7. The molecule has 448 valence electrons. The number of pyridine rings is 3. The molecular formula is C62H70Cl2N16O5S. The van der Waals surface area contributed by atoms with Gasteiger partial charge in [0.2, 0.25) is 9.23 Å². The molecule has 3 aromatic carbocycles. The summed E-state index contributed by atoms with van der Waals surface area (Å²) in [5.74, 6) is 0.396. The van der Waals surface area contributed by atoms with Gasteiger partial charge in [-0.3, -0.25) is 9.59 Å². The van der Waals surface area contributed by atoms with E-state index >= 15 is 0 Å². The number of nitrogens with zero attached hydrogens (tertiary/aromatic N) is 12. The first-order valence-electron chi connectivity index (χ1n) is 28.6. The van der Waals surface area contributed by atoms with Gasteiger partial charge in [0.25, 0.3) is 0 Å². The maximum absolute atomic E-state index is 12.6. The van der Waals surface area contributed by atoms with Crippen molar-refractivity contribution in [2.45, 2.75) is 64.2 Å². The highest BCUT2D eigenvalue weighted by molar-refractivity contribution is 8.26. The van der Waals surface area contributed by atoms with E-state index in [-0.39, 0.29) is 17.1 Å². The van der Waals surface area contributed by atoms with Crippen LogP contribution in [0.2, 0.25) is 0 Å². The molecule has 9 aromatic rings. The summed E-state index contributed by atoms with van der Waals surface area (Å²) in [7, 11) is 7.36. The van der Waals surface area contributed by atoms with Crippen LogP contribution in [0.15, 0.2) is 128 Å². The molecule has 0 aliphatic carbocycles. The molecule has 6 aromatic heterocycles. The number of hydrogen-bond acceptors (Lipinski definition) is 20. The molecule has 0 unspecified atom stereocenters. The number of carboxylic acids is 1. The Morgan fingerprint density at radius 2 is 0.779 bits per heavy atom. The van der Waals surface area contributed by atoms with E-state index in [2.05, 4.69) is 80.9 Å². The quantitative estimate of drug-likeness (QED) is 0.0444. The highest BCUT2D eigenvalue weighted by Gasteiger charge is 2.17. The number of benzene rings is 3. The first-order valence-corrected chi connectivity index (χ1v) is 31.4. The molecule has 0 amide bonds. The first kappa shape index (κ1) is 63.9. The van der Waals surface area contributed by atoms with Crippen molar-refractivity contribution in [3.8, 4) is 33.8 Å². The van der Waals surface area contributed by atoms with E-state index in [1.165, 1.54) is 103 Å². The van der Waals surface area contributed by atoms with Crippen LogP contribution in [0.1, 0.15) is 95.3 Å². The highest BCUT2D eigenvalue weighted by atomic mass is 36.0. The number of Topliss-reactive ketones (excluding diaryl/α,β-unsaturated/α-hetero) is 2. The molecule has 3 aliphatic heterocycles. The molecule has 0 saturated carbocycles. The Morgan fingerprint density at radius 3 is 1.10 bits per heavy atom. The monoisotopic (exact) mass is 1220 g/mol. The number of hydrogen-bond donors (Lipinski definition) is 5. The van der Waals surface area contributed by atoms with Gasteiger partial charge in [-0.05, 0) is 164 Å². The van der Waals surface area contributed by atoms with Gasteiger partial charge in [0.05, 0.1) is 39.2 Å². The molecule has 86 heavy (non-hydrogen) atoms. The van der Waals surface area contributed by atoms with E-state index in [0.717, 1.165) is 72.7 Å². The van der Waals surface area contributed by atoms with Crippen LogP contribution in [0.4, 0.5) is 17.5 Å². The number of anilines is 3. The lowest BCUT2D eigenvalue weighted by atomic mass is 10.0. The van der Waals surface area contributed by atoms with Crippen LogP contribution in [0.5, 0.6) is 0 Å². The summed E-state index contributed by atoms with van der Waals surface area (Å²) in [5.41, 5.74) is 33.0. The maximum Gasteiger partial charge on any atom is 0.335 e. The van der Waals surface area contributed by atoms with Gasteiger partial charge in [0, 0.05) is 75.1 Å². The smallest absolute Gasteiger partial charge is 0.335 e. The lowest BCUT2D eigenvalue weighted by molar-refractivity contribution is 0.0696. The van der Waals surface area contributed by atoms with Gasteiger partial charge < -0.3 is 42.7 Å². The Balaban J connectivity index is 0.000000154. The summed E-state index contributed by atoms with van der Waals surface area (Å²) in [6.07, 6.45) is 15.1. The Morgan fingerprint density at radius 1 is 0.465 bits per heavy atom. The molecule has 0 bridgehead atoms. The average molecular weight is 1220 g/mol. The number of nitrogens with two attached hydrogens (primary N) is 4. The Kier molecular flexibility index (Phi) is 24.1. The minimum absolute atomic E-state index is 0.180. The van der Waals surface area contributed by atoms with Crippen molar-refractivity contribution in [3.05, 3.63) is 145 Å². The van der Waals surface area contributed by atoms with Crippen molar-refractivity contribution in [2.75, 3.05) is 82.6 Å². The topological polar surface area (TPSA) is 318 Å². The van der Waals surface area contributed by atoms with E-state index in [4.69, 9.17) is 32.3 Å². The minimum atomic E-state index is -1.67.